The van der Waals surface area contributed by atoms with E-state index in [1.54, 1.807) is 79.3 Å². The number of aromatic nitrogens is 3. The van der Waals surface area contributed by atoms with E-state index in [2.05, 4.69) is 15.3 Å². The van der Waals surface area contributed by atoms with Gasteiger partial charge in [0.25, 0.3) is 11.8 Å². The molecule has 2 amide bonds. The Kier molecular flexibility index (Phi) is 7.76. The van der Waals surface area contributed by atoms with Crippen LogP contribution in [0.15, 0.2) is 71.3 Å². The second-order valence-corrected chi connectivity index (χ2v) is 12.6. The van der Waals surface area contributed by atoms with Crippen molar-refractivity contribution in [3.63, 3.8) is 0 Å². The van der Waals surface area contributed by atoms with E-state index in [0.29, 0.717) is 38.8 Å². The van der Waals surface area contributed by atoms with Gasteiger partial charge >= 0.3 is 0 Å². The molecule has 0 spiro atoms. The van der Waals surface area contributed by atoms with E-state index >= 15 is 0 Å². The van der Waals surface area contributed by atoms with Crippen LogP contribution in [0.1, 0.15) is 25.9 Å². The lowest BCUT2D eigenvalue weighted by Gasteiger charge is -2.18. The van der Waals surface area contributed by atoms with Gasteiger partial charge in [0.2, 0.25) is 16.0 Å². The first kappa shape index (κ1) is 28.2. The number of oxazole rings is 1. The minimum Gasteiger partial charge on any atom is -0.440 e. The number of rotatable bonds is 9. The van der Waals surface area contributed by atoms with Crippen LogP contribution in [0, 0.1) is 6.92 Å². The van der Waals surface area contributed by atoms with Crippen molar-refractivity contribution in [3.05, 3.63) is 83.2 Å². The highest BCUT2D eigenvalue weighted by Crippen LogP contribution is 2.30. The van der Waals surface area contributed by atoms with E-state index in [1.165, 1.54) is 27.6 Å². The zero-order valence-electron chi connectivity index (χ0n) is 22.9. The van der Waals surface area contributed by atoms with Crippen molar-refractivity contribution in [1.29, 1.82) is 0 Å². The van der Waals surface area contributed by atoms with Crippen molar-refractivity contribution >= 4 is 55.8 Å². The number of thiophene rings is 1. The van der Waals surface area contributed by atoms with Gasteiger partial charge in [0.15, 0.2) is 11.7 Å². The first-order chi connectivity index (χ1) is 19.5. The lowest BCUT2D eigenvalue weighted by Crippen LogP contribution is -2.29. The van der Waals surface area contributed by atoms with E-state index in [1.807, 2.05) is 6.07 Å². The predicted octanol–water partition coefficient (Wildman–Crippen LogP) is 4.48. The lowest BCUT2D eigenvalue weighted by molar-refractivity contribution is 0.0991. The van der Waals surface area contributed by atoms with Crippen LogP contribution >= 0.6 is 11.3 Å². The third kappa shape index (κ3) is 6.06. The summed E-state index contributed by atoms with van der Waals surface area (Å²) >= 11 is 1.25. The van der Waals surface area contributed by atoms with E-state index in [4.69, 9.17) is 4.42 Å². The predicted molar refractivity (Wildman–Crippen MR) is 159 cm³/mol. The molecule has 1 N–H and O–H groups in total. The van der Waals surface area contributed by atoms with Crippen LogP contribution < -0.4 is 10.2 Å². The highest BCUT2D eigenvalue weighted by atomic mass is 32.2. The summed E-state index contributed by atoms with van der Waals surface area (Å²) in [4.78, 5) is 37.8. The third-order valence-corrected chi connectivity index (χ3v) is 8.98. The summed E-state index contributed by atoms with van der Waals surface area (Å²) in [5, 5.41) is 2.87. The lowest BCUT2D eigenvalue weighted by atomic mass is 10.2. The highest BCUT2D eigenvalue weighted by Gasteiger charge is 2.20. The molecule has 0 unspecified atom stereocenters. The highest BCUT2D eigenvalue weighted by molar-refractivity contribution is 7.88. The summed E-state index contributed by atoms with van der Waals surface area (Å²) in [6.45, 7) is 2.15. The number of benzene rings is 2. The molecule has 0 atom stereocenters. The summed E-state index contributed by atoms with van der Waals surface area (Å²) in [5.74, 6) is 0.809. The van der Waals surface area contributed by atoms with Gasteiger partial charge in [0, 0.05) is 45.4 Å². The first-order valence-corrected chi connectivity index (χ1v) is 15.3. The number of carbonyl (C=O) groups is 2. The van der Waals surface area contributed by atoms with Gasteiger partial charge in [-0.3, -0.25) is 14.9 Å². The summed E-state index contributed by atoms with van der Waals surface area (Å²) in [7, 11) is -0.233. The average molecular weight is 593 g/mol. The van der Waals surface area contributed by atoms with Crippen molar-refractivity contribution < 1.29 is 22.4 Å². The molecule has 0 radical (unpaired) electrons. The Morgan fingerprint density at radius 1 is 1.07 bits per heavy atom. The SMILES string of the molecule is Cc1ncc(-c2ccc(C(=O)Nc3nc4cc(N(C)C(=O)c5ccccc5)ccc4n3CCN(C)S(C)(=O)=O)s2)o1. The Balaban J connectivity index is 1.46. The Hall–Kier alpha value is -4.33. The van der Waals surface area contributed by atoms with Crippen LogP contribution in [-0.2, 0) is 16.6 Å². The molecular weight excluding hydrogens is 564 g/mol. The van der Waals surface area contributed by atoms with Crippen LogP contribution in [0.2, 0.25) is 0 Å². The van der Waals surface area contributed by atoms with Gasteiger partial charge in [0.1, 0.15) is 0 Å². The van der Waals surface area contributed by atoms with Crippen LogP contribution in [0.4, 0.5) is 11.6 Å². The number of sulfonamides is 1. The minimum absolute atomic E-state index is 0.162. The summed E-state index contributed by atoms with van der Waals surface area (Å²) < 4.78 is 32.6. The summed E-state index contributed by atoms with van der Waals surface area (Å²) in [6.07, 6.45) is 2.75. The van der Waals surface area contributed by atoms with Crippen LogP contribution in [-0.4, -0.2) is 66.0 Å². The molecule has 0 fully saturated rings. The zero-order chi connectivity index (χ0) is 29.3. The molecule has 3 heterocycles. The second kappa shape index (κ2) is 11.3. The molecule has 2 aromatic carbocycles. The molecule has 0 aliphatic carbocycles. The smallest absolute Gasteiger partial charge is 0.268 e. The van der Waals surface area contributed by atoms with Crippen LogP contribution in [0.3, 0.4) is 0 Å². The molecule has 5 rings (SSSR count). The topological polar surface area (TPSA) is 131 Å². The molecule has 0 saturated heterocycles. The second-order valence-electron chi connectivity index (χ2n) is 9.44. The average Bonchev–Trinajstić information content (AvgIpc) is 3.69. The van der Waals surface area contributed by atoms with Gasteiger partial charge in [0.05, 0.1) is 33.2 Å². The fourth-order valence-electron chi connectivity index (χ4n) is 4.18. The molecule has 0 bridgehead atoms. The third-order valence-electron chi connectivity index (χ3n) is 6.57. The van der Waals surface area contributed by atoms with Gasteiger partial charge < -0.3 is 13.9 Å². The number of nitrogens with zero attached hydrogens (tertiary/aromatic N) is 5. The van der Waals surface area contributed by atoms with Crippen molar-refractivity contribution in [2.24, 2.45) is 0 Å². The van der Waals surface area contributed by atoms with Crippen LogP contribution in [0.25, 0.3) is 21.7 Å². The molecular formula is C28H28N6O5S2. The fourth-order valence-corrected chi connectivity index (χ4v) is 5.44. The molecule has 212 valence electrons. The van der Waals surface area contributed by atoms with Gasteiger partial charge in [-0.25, -0.2) is 22.7 Å². The number of imidazole rings is 1. The van der Waals surface area contributed by atoms with Gasteiger partial charge in [-0.15, -0.1) is 11.3 Å². The molecule has 0 saturated carbocycles. The monoisotopic (exact) mass is 592 g/mol. The van der Waals surface area contributed by atoms with E-state index in [-0.39, 0.29) is 30.9 Å². The van der Waals surface area contributed by atoms with E-state index < -0.39 is 10.0 Å². The Morgan fingerprint density at radius 3 is 2.51 bits per heavy atom. The molecule has 13 heteroatoms. The number of fused-ring (bicyclic) bond motifs is 1. The number of hydrogen-bond donors (Lipinski definition) is 1. The van der Waals surface area contributed by atoms with Crippen molar-refractivity contribution in [3.8, 4) is 10.6 Å². The Bertz CT molecular complexity index is 1840. The van der Waals surface area contributed by atoms with Gasteiger partial charge in [-0.1, -0.05) is 18.2 Å². The summed E-state index contributed by atoms with van der Waals surface area (Å²) in [6, 6.07) is 17.8. The molecule has 0 aliphatic rings. The number of amides is 2. The number of anilines is 2. The molecule has 11 nitrogen and oxygen atoms in total. The Labute approximate surface area is 241 Å². The normalized spacial score (nSPS) is 11.7. The number of aryl methyl sites for hydroxylation is 1. The maximum atomic E-state index is 13.3. The Morgan fingerprint density at radius 2 is 1.83 bits per heavy atom. The minimum atomic E-state index is -3.41. The van der Waals surface area contributed by atoms with Crippen molar-refractivity contribution in [1.82, 2.24) is 18.8 Å². The van der Waals surface area contributed by atoms with Crippen molar-refractivity contribution in [2.45, 2.75) is 13.5 Å². The number of nitrogens with one attached hydrogen (secondary N) is 1. The van der Waals surface area contributed by atoms with Gasteiger partial charge in [-0.05, 0) is 42.5 Å². The summed E-state index contributed by atoms with van der Waals surface area (Å²) in [5.41, 5.74) is 2.38. The molecule has 41 heavy (non-hydrogen) atoms. The molecule has 5 aromatic rings. The van der Waals surface area contributed by atoms with E-state index in [0.717, 1.165) is 11.1 Å². The zero-order valence-corrected chi connectivity index (χ0v) is 24.5. The molecule has 0 aliphatic heterocycles. The van der Waals surface area contributed by atoms with Crippen LogP contribution in [0.5, 0.6) is 0 Å². The maximum Gasteiger partial charge on any atom is 0.268 e. The number of carbonyl (C=O) groups excluding carboxylic acids is 2. The van der Waals surface area contributed by atoms with E-state index in [9.17, 15) is 18.0 Å². The maximum absolute atomic E-state index is 13.3. The van der Waals surface area contributed by atoms with Crippen molar-refractivity contribution in [2.75, 3.05) is 37.1 Å². The fraction of sp³-hybridized carbons (Fsp3) is 0.214. The largest absolute Gasteiger partial charge is 0.440 e. The van der Waals surface area contributed by atoms with Gasteiger partial charge in [-0.2, -0.15) is 0 Å². The number of likely N-dealkylation sites (N-methyl/N-ethyl adjacent to an activating group) is 1. The number of hydrogen-bond acceptors (Lipinski definition) is 8. The standard InChI is InChI=1S/C28H28N6O5S2/c1-18-29-17-23(39-18)24-12-13-25(40-24)26(35)31-28-30-21-16-20(33(3)27(36)19-8-6-5-7-9-19)10-11-22(21)34(28)15-14-32(2)41(4,37)38/h5-13,16-17H,14-15H2,1-4H3,(H,30,31,35). The quantitative estimate of drug-likeness (QED) is 0.267. The first-order valence-electron chi connectivity index (χ1n) is 12.6. The molecule has 3 aromatic heterocycles.